The van der Waals surface area contributed by atoms with Crippen LogP contribution in [0.15, 0.2) is 48.6 Å². The van der Waals surface area contributed by atoms with E-state index < -0.39 is 12.1 Å². The molecular formula is C47H87NO3. The van der Waals surface area contributed by atoms with E-state index in [1.165, 1.54) is 167 Å². The van der Waals surface area contributed by atoms with Gasteiger partial charge in [-0.3, -0.25) is 4.79 Å². The molecular weight excluding hydrogens is 627 g/mol. The minimum atomic E-state index is -0.862. The van der Waals surface area contributed by atoms with Crippen LogP contribution in [0.5, 0.6) is 0 Å². The van der Waals surface area contributed by atoms with E-state index in [0.717, 1.165) is 38.5 Å². The molecule has 4 heteroatoms. The van der Waals surface area contributed by atoms with E-state index >= 15 is 0 Å². The van der Waals surface area contributed by atoms with Crippen molar-refractivity contribution in [2.45, 2.75) is 238 Å². The van der Waals surface area contributed by atoms with Crippen LogP contribution in [0, 0.1) is 0 Å². The summed E-state index contributed by atoms with van der Waals surface area (Å²) < 4.78 is 0. The van der Waals surface area contributed by atoms with E-state index in [-0.39, 0.29) is 12.5 Å². The van der Waals surface area contributed by atoms with Crippen LogP contribution in [-0.2, 0) is 4.79 Å². The van der Waals surface area contributed by atoms with Crippen LogP contribution in [0.3, 0.4) is 0 Å². The minimum Gasteiger partial charge on any atom is -0.394 e. The standard InChI is InChI=1S/C47H87NO3/c1-3-5-7-9-11-13-15-17-18-19-20-21-22-23-24-25-26-27-28-29-30-31-33-35-37-39-41-43-47(51)48-45(44-49)46(50)42-40-38-36-34-32-16-14-12-10-8-6-4-2/h20-21,23-24,32,34,40,42,45-46,49-50H,3-19,22,25-31,33,35-39,41,43-44H2,1-2H3,(H,48,51)/b21-20-,24-23-,34-32+,42-40+. The van der Waals surface area contributed by atoms with Gasteiger partial charge in [-0.2, -0.15) is 0 Å². The summed E-state index contributed by atoms with van der Waals surface area (Å²) in [5, 5.41) is 22.9. The van der Waals surface area contributed by atoms with Crippen molar-refractivity contribution in [3.8, 4) is 0 Å². The number of aliphatic hydroxyl groups excluding tert-OH is 2. The van der Waals surface area contributed by atoms with Crippen molar-refractivity contribution in [1.29, 1.82) is 0 Å². The molecule has 2 unspecified atom stereocenters. The summed E-state index contributed by atoms with van der Waals surface area (Å²) >= 11 is 0. The third kappa shape index (κ3) is 39.4. The van der Waals surface area contributed by atoms with Gasteiger partial charge in [0.15, 0.2) is 0 Å². The van der Waals surface area contributed by atoms with Crippen LogP contribution < -0.4 is 5.32 Å². The number of hydrogen-bond acceptors (Lipinski definition) is 3. The van der Waals surface area contributed by atoms with Crippen LogP contribution in [0.4, 0.5) is 0 Å². The van der Waals surface area contributed by atoms with Gasteiger partial charge >= 0.3 is 0 Å². The number of allylic oxidation sites excluding steroid dienone is 7. The molecule has 0 rings (SSSR count). The number of unbranched alkanes of at least 4 members (excludes halogenated alkanes) is 27. The molecule has 0 saturated heterocycles. The molecule has 0 aromatic carbocycles. The summed E-state index contributed by atoms with van der Waals surface area (Å²) in [5.41, 5.74) is 0. The van der Waals surface area contributed by atoms with E-state index in [0.29, 0.717) is 6.42 Å². The Kier molecular flexibility index (Phi) is 41.4. The highest BCUT2D eigenvalue weighted by Gasteiger charge is 2.17. The first-order valence-corrected chi connectivity index (χ1v) is 22.4. The molecule has 0 bridgehead atoms. The highest BCUT2D eigenvalue weighted by Crippen LogP contribution is 2.14. The molecule has 2 atom stereocenters. The molecule has 298 valence electrons. The van der Waals surface area contributed by atoms with Crippen LogP contribution in [0.1, 0.15) is 226 Å². The first kappa shape index (κ1) is 49.4. The Balaban J connectivity index is 3.55. The van der Waals surface area contributed by atoms with Gasteiger partial charge in [0.25, 0.3) is 0 Å². The fourth-order valence-electron chi connectivity index (χ4n) is 6.58. The summed E-state index contributed by atoms with van der Waals surface area (Å²) in [6, 6.07) is -0.639. The monoisotopic (exact) mass is 714 g/mol. The molecule has 0 aliphatic rings. The first-order chi connectivity index (χ1) is 25.2. The molecule has 0 saturated carbocycles. The normalized spacial score (nSPS) is 13.4. The van der Waals surface area contributed by atoms with Gasteiger partial charge in [-0.25, -0.2) is 0 Å². The second-order valence-electron chi connectivity index (χ2n) is 15.1. The van der Waals surface area contributed by atoms with Gasteiger partial charge in [0, 0.05) is 6.42 Å². The molecule has 0 aliphatic heterocycles. The summed E-state index contributed by atoms with van der Waals surface area (Å²) in [7, 11) is 0. The second kappa shape index (κ2) is 42.8. The zero-order valence-corrected chi connectivity index (χ0v) is 34.1. The summed E-state index contributed by atoms with van der Waals surface area (Å²) in [4.78, 5) is 12.4. The second-order valence-corrected chi connectivity index (χ2v) is 15.1. The third-order valence-electron chi connectivity index (χ3n) is 10.0. The highest BCUT2D eigenvalue weighted by molar-refractivity contribution is 5.76. The number of carbonyl (C=O) groups excluding carboxylic acids is 1. The fourth-order valence-corrected chi connectivity index (χ4v) is 6.58. The van der Waals surface area contributed by atoms with Gasteiger partial charge in [-0.15, -0.1) is 0 Å². The predicted octanol–water partition coefficient (Wildman–Crippen LogP) is 14.0. The molecule has 0 spiro atoms. The number of hydrogen-bond donors (Lipinski definition) is 3. The maximum atomic E-state index is 12.4. The molecule has 0 radical (unpaired) electrons. The van der Waals surface area contributed by atoms with E-state index in [2.05, 4.69) is 55.6 Å². The number of rotatable bonds is 40. The lowest BCUT2D eigenvalue weighted by Crippen LogP contribution is -2.45. The van der Waals surface area contributed by atoms with Crippen LogP contribution >= 0.6 is 0 Å². The molecule has 4 nitrogen and oxygen atoms in total. The van der Waals surface area contributed by atoms with Crippen molar-refractivity contribution in [1.82, 2.24) is 5.32 Å². The molecule has 0 aromatic rings. The third-order valence-corrected chi connectivity index (χ3v) is 10.0. The molecule has 0 heterocycles. The summed E-state index contributed by atoms with van der Waals surface area (Å²) in [6.07, 6.45) is 58.0. The van der Waals surface area contributed by atoms with Crippen LogP contribution in [0.25, 0.3) is 0 Å². The van der Waals surface area contributed by atoms with Crippen LogP contribution in [-0.4, -0.2) is 34.9 Å². The number of amides is 1. The predicted molar refractivity (Wildman–Crippen MR) is 225 cm³/mol. The largest absolute Gasteiger partial charge is 0.394 e. The maximum Gasteiger partial charge on any atom is 0.220 e. The lowest BCUT2D eigenvalue weighted by atomic mass is 10.0. The van der Waals surface area contributed by atoms with Gasteiger partial charge in [-0.1, -0.05) is 204 Å². The van der Waals surface area contributed by atoms with Gasteiger partial charge in [0.2, 0.25) is 5.91 Å². The van der Waals surface area contributed by atoms with Crippen molar-refractivity contribution in [3.63, 3.8) is 0 Å². The Hall–Kier alpha value is -1.65. The number of aliphatic hydroxyl groups is 2. The lowest BCUT2D eigenvalue weighted by Gasteiger charge is -2.19. The maximum absolute atomic E-state index is 12.4. The summed E-state index contributed by atoms with van der Waals surface area (Å²) in [5.74, 6) is -0.0777. The van der Waals surface area contributed by atoms with Gasteiger partial charge in [0.1, 0.15) is 0 Å². The van der Waals surface area contributed by atoms with Crippen molar-refractivity contribution >= 4 is 5.91 Å². The SMILES string of the molecule is CCCCCCCC/C=C/CC/C=C/C(O)C(CO)NC(=O)CCCCCCCCCCCCC/C=C\C/C=C\CCCCCCCCCCC. The Labute approximate surface area is 318 Å². The molecule has 0 fully saturated rings. The zero-order valence-electron chi connectivity index (χ0n) is 34.1. The topological polar surface area (TPSA) is 69.6 Å². The molecule has 51 heavy (non-hydrogen) atoms. The lowest BCUT2D eigenvalue weighted by molar-refractivity contribution is -0.123. The van der Waals surface area contributed by atoms with Gasteiger partial charge < -0.3 is 15.5 Å². The van der Waals surface area contributed by atoms with E-state index in [1.54, 1.807) is 6.08 Å². The average Bonchev–Trinajstić information content (AvgIpc) is 3.13. The van der Waals surface area contributed by atoms with Crippen molar-refractivity contribution < 1.29 is 15.0 Å². The number of nitrogens with one attached hydrogen (secondary N) is 1. The molecule has 1 amide bonds. The zero-order chi connectivity index (χ0) is 37.1. The summed E-state index contributed by atoms with van der Waals surface area (Å²) in [6.45, 7) is 4.28. The Morgan fingerprint density at radius 1 is 0.471 bits per heavy atom. The Bertz CT molecular complexity index is 816. The molecule has 3 N–H and O–H groups in total. The fraction of sp³-hybridized carbons (Fsp3) is 0.809. The smallest absolute Gasteiger partial charge is 0.220 e. The first-order valence-electron chi connectivity index (χ1n) is 22.4. The van der Waals surface area contributed by atoms with E-state index in [9.17, 15) is 15.0 Å². The van der Waals surface area contributed by atoms with Gasteiger partial charge in [0.05, 0.1) is 18.8 Å². The van der Waals surface area contributed by atoms with Crippen LogP contribution in [0.2, 0.25) is 0 Å². The molecule has 0 aromatic heterocycles. The molecule has 0 aliphatic carbocycles. The average molecular weight is 714 g/mol. The van der Waals surface area contributed by atoms with Crippen molar-refractivity contribution in [2.75, 3.05) is 6.61 Å². The minimum absolute atomic E-state index is 0.0777. The van der Waals surface area contributed by atoms with Gasteiger partial charge in [-0.05, 0) is 64.2 Å². The quantitative estimate of drug-likeness (QED) is 0.0437. The Morgan fingerprint density at radius 3 is 1.25 bits per heavy atom. The van der Waals surface area contributed by atoms with E-state index in [1.807, 2.05) is 6.08 Å². The van der Waals surface area contributed by atoms with Crippen molar-refractivity contribution in [3.05, 3.63) is 48.6 Å². The van der Waals surface area contributed by atoms with E-state index in [4.69, 9.17) is 0 Å². The van der Waals surface area contributed by atoms with Crippen molar-refractivity contribution in [2.24, 2.45) is 0 Å². The number of carbonyl (C=O) groups is 1. The highest BCUT2D eigenvalue weighted by atomic mass is 16.3. The Morgan fingerprint density at radius 2 is 0.824 bits per heavy atom.